The molecule has 0 heterocycles. The molecular weight excluding hydrogens is 242 g/mol. The van der Waals surface area contributed by atoms with Crippen LogP contribution in [0.1, 0.15) is 21.5 Å². The highest BCUT2D eigenvalue weighted by molar-refractivity contribution is 6.05. The summed E-state index contributed by atoms with van der Waals surface area (Å²) < 4.78 is 0. The van der Waals surface area contributed by atoms with Gasteiger partial charge >= 0.3 is 0 Å². The molecule has 0 aliphatic heterocycles. The number of anilines is 1. The summed E-state index contributed by atoms with van der Waals surface area (Å²) in [6, 6.07) is 9.75. The van der Waals surface area contributed by atoms with E-state index in [1.165, 1.54) is 18.2 Å². The zero-order valence-corrected chi connectivity index (χ0v) is 10.8. The molecule has 0 saturated carbocycles. The van der Waals surface area contributed by atoms with E-state index < -0.39 is 0 Å². The van der Waals surface area contributed by atoms with Gasteiger partial charge < -0.3 is 15.5 Å². The average molecular weight is 257 g/mol. The minimum absolute atomic E-state index is 0.247. The van der Waals surface area contributed by atoms with Crippen LogP contribution >= 0.6 is 0 Å². The van der Waals surface area contributed by atoms with Crippen molar-refractivity contribution in [1.29, 1.82) is 0 Å². The van der Waals surface area contributed by atoms with Crippen LogP contribution in [0.3, 0.4) is 0 Å². The molecule has 0 radical (unpaired) electrons. The van der Waals surface area contributed by atoms with Crippen LogP contribution in [0.5, 0.6) is 11.5 Å². The fourth-order valence-corrected chi connectivity index (χ4v) is 1.73. The van der Waals surface area contributed by atoms with Gasteiger partial charge in [0.1, 0.15) is 0 Å². The predicted molar refractivity (Wildman–Crippen MR) is 73.6 cm³/mol. The Morgan fingerprint density at radius 1 is 1.00 bits per heavy atom. The molecule has 19 heavy (non-hydrogen) atoms. The minimum atomic E-state index is -0.330. The number of benzene rings is 2. The molecule has 3 N–H and O–H groups in total. The second-order valence-electron chi connectivity index (χ2n) is 4.48. The lowest BCUT2D eigenvalue weighted by Crippen LogP contribution is -2.12. The molecule has 4 heteroatoms. The summed E-state index contributed by atoms with van der Waals surface area (Å²) in [5.74, 6) is -0.888. The van der Waals surface area contributed by atoms with E-state index in [1.807, 2.05) is 32.0 Å². The van der Waals surface area contributed by atoms with Crippen molar-refractivity contribution in [3.63, 3.8) is 0 Å². The first-order valence-corrected chi connectivity index (χ1v) is 5.88. The number of aryl methyl sites for hydroxylation is 2. The van der Waals surface area contributed by atoms with Crippen molar-refractivity contribution in [3.8, 4) is 11.5 Å². The maximum absolute atomic E-state index is 12.0. The number of phenols is 2. The molecule has 1 amide bonds. The van der Waals surface area contributed by atoms with Crippen LogP contribution in [0, 0.1) is 13.8 Å². The Morgan fingerprint density at radius 3 is 2.42 bits per heavy atom. The molecule has 4 nitrogen and oxygen atoms in total. The van der Waals surface area contributed by atoms with Gasteiger partial charge in [0.2, 0.25) is 0 Å². The van der Waals surface area contributed by atoms with E-state index in [0.29, 0.717) is 0 Å². The quantitative estimate of drug-likeness (QED) is 0.724. The molecule has 0 unspecified atom stereocenters. The van der Waals surface area contributed by atoms with Crippen molar-refractivity contribution >= 4 is 11.6 Å². The number of rotatable bonds is 2. The Morgan fingerprint density at radius 2 is 1.74 bits per heavy atom. The number of hydrogen-bond acceptors (Lipinski definition) is 3. The van der Waals surface area contributed by atoms with Gasteiger partial charge in [0.05, 0.1) is 0 Å². The van der Waals surface area contributed by atoms with E-state index in [9.17, 15) is 15.0 Å². The van der Waals surface area contributed by atoms with Crippen LogP contribution in [0.25, 0.3) is 0 Å². The van der Waals surface area contributed by atoms with Crippen molar-refractivity contribution < 1.29 is 15.0 Å². The van der Waals surface area contributed by atoms with E-state index in [2.05, 4.69) is 5.32 Å². The summed E-state index contributed by atoms with van der Waals surface area (Å²) in [7, 11) is 0. The fourth-order valence-electron chi connectivity index (χ4n) is 1.73. The lowest BCUT2D eigenvalue weighted by Gasteiger charge is -2.09. The molecule has 0 spiro atoms. The Labute approximate surface area is 111 Å². The van der Waals surface area contributed by atoms with Gasteiger partial charge in [0.25, 0.3) is 5.91 Å². The van der Waals surface area contributed by atoms with Gasteiger partial charge in [-0.25, -0.2) is 0 Å². The first-order chi connectivity index (χ1) is 8.97. The standard InChI is InChI=1S/C15H15NO3/c1-9-3-4-10(2)12(7-9)16-15(19)11-5-6-13(17)14(18)8-11/h3-8,17-18H,1-2H3,(H,16,19). The van der Waals surface area contributed by atoms with Crippen molar-refractivity contribution in [2.45, 2.75) is 13.8 Å². The lowest BCUT2D eigenvalue weighted by molar-refractivity contribution is 0.102. The van der Waals surface area contributed by atoms with E-state index >= 15 is 0 Å². The Kier molecular flexibility index (Phi) is 3.42. The molecule has 0 aromatic heterocycles. The van der Waals surface area contributed by atoms with Gasteiger partial charge in [-0.15, -0.1) is 0 Å². The maximum atomic E-state index is 12.0. The molecule has 0 saturated heterocycles. The van der Waals surface area contributed by atoms with Crippen molar-refractivity contribution in [3.05, 3.63) is 53.1 Å². The highest BCUT2D eigenvalue weighted by Crippen LogP contribution is 2.25. The summed E-state index contributed by atoms with van der Waals surface area (Å²) >= 11 is 0. The number of carbonyl (C=O) groups excluding carboxylic acids is 1. The second kappa shape index (κ2) is 5.02. The lowest BCUT2D eigenvalue weighted by atomic mass is 10.1. The van der Waals surface area contributed by atoms with Gasteiger partial charge in [-0.05, 0) is 49.2 Å². The molecule has 2 aromatic rings. The van der Waals surface area contributed by atoms with E-state index in [-0.39, 0.29) is 23.0 Å². The number of amides is 1. The van der Waals surface area contributed by atoms with E-state index in [4.69, 9.17) is 0 Å². The predicted octanol–water partition coefficient (Wildman–Crippen LogP) is 2.97. The largest absolute Gasteiger partial charge is 0.504 e. The SMILES string of the molecule is Cc1ccc(C)c(NC(=O)c2ccc(O)c(O)c2)c1. The van der Waals surface area contributed by atoms with Crippen molar-refractivity contribution in [1.82, 2.24) is 0 Å². The molecule has 0 fully saturated rings. The molecule has 2 aromatic carbocycles. The van der Waals surface area contributed by atoms with Gasteiger partial charge in [-0.2, -0.15) is 0 Å². The van der Waals surface area contributed by atoms with Crippen LogP contribution in [0.2, 0.25) is 0 Å². The Balaban J connectivity index is 2.25. The zero-order valence-electron chi connectivity index (χ0n) is 10.8. The molecule has 98 valence electrons. The molecule has 0 bridgehead atoms. The summed E-state index contributed by atoms with van der Waals surface area (Å²) in [5.41, 5.74) is 3.03. The molecule has 2 rings (SSSR count). The summed E-state index contributed by atoms with van der Waals surface area (Å²) in [5, 5.41) is 21.4. The van der Waals surface area contributed by atoms with Crippen molar-refractivity contribution in [2.75, 3.05) is 5.32 Å². The smallest absolute Gasteiger partial charge is 0.255 e. The third kappa shape index (κ3) is 2.85. The third-order valence-corrected chi connectivity index (χ3v) is 2.88. The Hall–Kier alpha value is -2.49. The molecule has 0 aliphatic rings. The maximum Gasteiger partial charge on any atom is 0.255 e. The van der Waals surface area contributed by atoms with Crippen LogP contribution < -0.4 is 5.32 Å². The first-order valence-electron chi connectivity index (χ1n) is 5.88. The fraction of sp³-hybridized carbons (Fsp3) is 0.133. The number of phenolic OH excluding ortho intramolecular Hbond substituents is 2. The number of aromatic hydroxyl groups is 2. The van der Waals surface area contributed by atoms with Gasteiger partial charge in [-0.1, -0.05) is 12.1 Å². The monoisotopic (exact) mass is 257 g/mol. The minimum Gasteiger partial charge on any atom is -0.504 e. The first kappa shape index (κ1) is 13.0. The normalized spacial score (nSPS) is 10.2. The van der Waals surface area contributed by atoms with E-state index in [1.54, 1.807) is 0 Å². The van der Waals surface area contributed by atoms with Crippen LogP contribution in [0.15, 0.2) is 36.4 Å². The second-order valence-corrected chi connectivity index (χ2v) is 4.48. The number of hydrogen-bond donors (Lipinski definition) is 3. The zero-order chi connectivity index (χ0) is 14.0. The van der Waals surface area contributed by atoms with Gasteiger partial charge in [0, 0.05) is 11.3 Å². The van der Waals surface area contributed by atoms with Crippen LogP contribution in [-0.4, -0.2) is 16.1 Å². The molecule has 0 aliphatic carbocycles. The van der Waals surface area contributed by atoms with Gasteiger partial charge in [0.15, 0.2) is 11.5 Å². The van der Waals surface area contributed by atoms with E-state index in [0.717, 1.165) is 16.8 Å². The number of nitrogens with one attached hydrogen (secondary N) is 1. The Bertz CT molecular complexity index is 635. The highest BCUT2D eigenvalue weighted by Gasteiger charge is 2.10. The van der Waals surface area contributed by atoms with Crippen LogP contribution in [0.4, 0.5) is 5.69 Å². The summed E-state index contributed by atoms with van der Waals surface area (Å²) in [4.78, 5) is 12.0. The summed E-state index contributed by atoms with van der Waals surface area (Å²) in [6.07, 6.45) is 0. The third-order valence-electron chi connectivity index (χ3n) is 2.88. The highest BCUT2D eigenvalue weighted by atomic mass is 16.3. The van der Waals surface area contributed by atoms with Crippen molar-refractivity contribution in [2.24, 2.45) is 0 Å². The summed E-state index contributed by atoms with van der Waals surface area (Å²) in [6.45, 7) is 3.85. The molecular formula is C15H15NO3. The van der Waals surface area contributed by atoms with Gasteiger partial charge in [-0.3, -0.25) is 4.79 Å². The number of carbonyl (C=O) groups is 1. The van der Waals surface area contributed by atoms with Crippen LogP contribution in [-0.2, 0) is 0 Å². The molecule has 0 atom stereocenters. The topological polar surface area (TPSA) is 69.6 Å². The average Bonchev–Trinajstić information content (AvgIpc) is 2.37.